The van der Waals surface area contributed by atoms with Crippen molar-refractivity contribution in [1.82, 2.24) is 4.98 Å². The van der Waals surface area contributed by atoms with Gasteiger partial charge in [0.25, 0.3) is 5.91 Å². The number of hydrogen-bond donors (Lipinski definition) is 5. The maximum Gasteiger partial charge on any atom is 0.255 e. The van der Waals surface area contributed by atoms with E-state index in [2.05, 4.69) is 22.5 Å². The van der Waals surface area contributed by atoms with Crippen LogP contribution in [-0.2, 0) is 0 Å². The average Bonchev–Trinajstić information content (AvgIpc) is 2.69. The molecule has 0 bridgehead atoms. The van der Waals surface area contributed by atoms with E-state index >= 15 is 0 Å². The highest BCUT2D eigenvalue weighted by Crippen LogP contribution is 2.27. The number of pyridine rings is 1. The molecule has 0 aliphatic rings. The van der Waals surface area contributed by atoms with Crippen LogP contribution in [0.5, 0.6) is 5.75 Å². The lowest BCUT2D eigenvalue weighted by Crippen LogP contribution is -2.18. The highest BCUT2D eigenvalue weighted by Gasteiger charge is 2.13. The van der Waals surface area contributed by atoms with E-state index in [9.17, 15) is 9.90 Å². The van der Waals surface area contributed by atoms with Crippen LogP contribution in [0.25, 0.3) is 10.9 Å². The number of nitrogens with one attached hydrogen (secondary N) is 2. The number of anilines is 3. The fourth-order valence-corrected chi connectivity index (χ4v) is 3.03. The molecule has 2 aromatic carbocycles. The van der Waals surface area contributed by atoms with E-state index in [0.717, 1.165) is 29.4 Å². The zero-order valence-electron chi connectivity index (χ0n) is 15.8. The van der Waals surface area contributed by atoms with E-state index in [4.69, 9.17) is 11.5 Å². The number of carbonyl (C=O) groups is 1. The molecule has 0 aliphatic heterocycles. The molecule has 7 N–H and O–H groups in total. The number of fused-ring (bicyclic) bond motifs is 1. The minimum absolute atomic E-state index is 0.0206. The highest BCUT2D eigenvalue weighted by molar-refractivity contribution is 6.08. The first kappa shape index (κ1) is 19.4. The van der Waals surface area contributed by atoms with Gasteiger partial charge in [0.05, 0.1) is 16.9 Å². The molecule has 1 atom stereocenters. The third-order valence-electron chi connectivity index (χ3n) is 4.50. The molecule has 1 aromatic heterocycles. The minimum Gasteiger partial charge on any atom is -0.506 e. The van der Waals surface area contributed by atoms with Crippen molar-refractivity contribution in [2.24, 2.45) is 5.73 Å². The second-order valence-corrected chi connectivity index (χ2v) is 6.80. The summed E-state index contributed by atoms with van der Waals surface area (Å²) in [5.74, 6) is -0.291. The zero-order valence-corrected chi connectivity index (χ0v) is 15.8. The predicted molar refractivity (Wildman–Crippen MR) is 114 cm³/mol. The summed E-state index contributed by atoms with van der Waals surface area (Å²) < 4.78 is 0. The Bertz CT molecular complexity index is 990. The summed E-state index contributed by atoms with van der Waals surface area (Å²) in [6.45, 7) is 2.72. The number of aromatic nitrogens is 1. The highest BCUT2D eigenvalue weighted by atomic mass is 16.3. The summed E-state index contributed by atoms with van der Waals surface area (Å²) in [5.41, 5.74) is 14.1. The molecule has 1 unspecified atom stereocenters. The quantitative estimate of drug-likeness (QED) is 0.243. The van der Waals surface area contributed by atoms with Gasteiger partial charge < -0.3 is 27.2 Å². The second-order valence-electron chi connectivity index (χ2n) is 6.80. The summed E-state index contributed by atoms with van der Waals surface area (Å²) in [4.78, 5) is 17.2. The van der Waals surface area contributed by atoms with Crippen LogP contribution in [0.15, 0.2) is 48.7 Å². The number of amides is 1. The molecular weight excluding hydrogens is 354 g/mol. The molecule has 1 amide bonds. The van der Waals surface area contributed by atoms with Crippen LogP contribution in [0.2, 0.25) is 0 Å². The minimum atomic E-state index is -0.270. The van der Waals surface area contributed by atoms with Crippen LogP contribution in [0.1, 0.15) is 30.1 Å². The van der Waals surface area contributed by atoms with Crippen molar-refractivity contribution in [3.8, 4) is 5.75 Å². The van der Waals surface area contributed by atoms with Gasteiger partial charge in [0.15, 0.2) is 0 Å². The van der Waals surface area contributed by atoms with E-state index in [0.29, 0.717) is 17.8 Å². The fraction of sp³-hybridized carbons (Fsp3) is 0.238. The van der Waals surface area contributed by atoms with Gasteiger partial charge in [-0.15, -0.1) is 0 Å². The van der Waals surface area contributed by atoms with Crippen LogP contribution in [0, 0.1) is 0 Å². The molecule has 1 heterocycles. The Kier molecular flexibility index (Phi) is 5.96. The molecule has 3 rings (SSSR count). The van der Waals surface area contributed by atoms with Crippen molar-refractivity contribution in [3.63, 3.8) is 0 Å². The smallest absolute Gasteiger partial charge is 0.255 e. The Morgan fingerprint density at radius 2 is 2.07 bits per heavy atom. The summed E-state index contributed by atoms with van der Waals surface area (Å²) >= 11 is 0. The van der Waals surface area contributed by atoms with Gasteiger partial charge in [0.2, 0.25) is 0 Å². The number of nitrogens with zero attached hydrogens (tertiary/aromatic N) is 1. The first-order valence-corrected chi connectivity index (χ1v) is 9.23. The Morgan fingerprint density at radius 3 is 2.82 bits per heavy atom. The number of hydrogen-bond acceptors (Lipinski definition) is 6. The number of nitrogens with two attached hydrogens (primary N) is 2. The van der Waals surface area contributed by atoms with Crippen molar-refractivity contribution >= 4 is 33.9 Å². The summed E-state index contributed by atoms with van der Waals surface area (Å²) in [5, 5.41) is 16.7. The SMILES string of the molecule is CC(CCCN)Nc1cc(C(=O)Nc2ccc(O)c(N)c2)cc2cccnc12. The number of carbonyl (C=O) groups excluding carboxylic acids is 1. The van der Waals surface area contributed by atoms with Gasteiger partial charge in [-0.1, -0.05) is 6.07 Å². The first-order valence-electron chi connectivity index (χ1n) is 9.23. The van der Waals surface area contributed by atoms with Crippen molar-refractivity contribution < 1.29 is 9.90 Å². The lowest BCUT2D eigenvalue weighted by molar-refractivity contribution is 0.102. The topological polar surface area (TPSA) is 126 Å². The molecule has 0 radical (unpaired) electrons. The first-order chi connectivity index (χ1) is 13.5. The van der Waals surface area contributed by atoms with Crippen LogP contribution in [0.3, 0.4) is 0 Å². The average molecular weight is 379 g/mol. The third kappa shape index (κ3) is 4.50. The van der Waals surface area contributed by atoms with Crippen molar-refractivity contribution in [3.05, 3.63) is 54.2 Å². The molecule has 0 saturated carbocycles. The fourth-order valence-electron chi connectivity index (χ4n) is 3.03. The summed E-state index contributed by atoms with van der Waals surface area (Å²) in [6, 6.07) is 12.1. The van der Waals surface area contributed by atoms with Crippen LogP contribution in [-0.4, -0.2) is 28.6 Å². The van der Waals surface area contributed by atoms with Gasteiger partial charge in [0, 0.05) is 28.9 Å². The lowest BCUT2D eigenvalue weighted by atomic mass is 10.1. The Morgan fingerprint density at radius 1 is 1.25 bits per heavy atom. The largest absolute Gasteiger partial charge is 0.506 e. The number of rotatable bonds is 7. The van der Waals surface area contributed by atoms with Crippen LogP contribution >= 0.6 is 0 Å². The number of phenolic OH excluding ortho intramolecular Hbond substituents is 1. The molecule has 0 saturated heterocycles. The van der Waals surface area contributed by atoms with Crippen molar-refractivity contribution in [1.29, 1.82) is 0 Å². The van der Waals surface area contributed by atoms with Gasteiger partial charge in [-0.05, 0) is 62.7 Å². The molecule has 3 aromatic rings. The van der Waals surface area contributed by atoms with E-state index in [1.54, 1.807) is 24.4 Å². The number of benzene rings is 2. The molecule has 7 nitrogen and oxygen atoms in total. The van der Waals surface area contributed by atoms with Gasteiger partial charge in [-0.2, -0.15) is 0 Å². The Balaban J connectivity index is 1.89. The maximum absolute atomic E-state index is 12.8. The van der Waals surface area contributed by atoms with E-state index < -0.39 is 0 Å². The van der Waals surface area contributed by atoms with E-state index in [1.807, 2.05) is 12.1 Å². The number of nitrogen functional groups attached to an aromatic ring is 1. The number of aromatic hydroxyl groups is 1. The monoisotopic (exact) mass is 379 g/mol. The van der Waals surface area contributed by atoms with Crippen LogP contribution in [0.4, 0.5) is 17.1 Å². The van der Waals surface area contributed by atoms with E-state index in [-0.39, 0.29) is 23.4 Å². The number of phenols is 1. The second kappa shape index (κ2) is 8.58. The normalized spacial score (nSPS) is 11.9. The van der Waals surface area contributed by atoms with E-state index in [1.165, 1.54) is 12.1 Å². The van der Waals surface area contributed by atoms with Gasteiger partial charge in [-0.3, -0.25) is 9.78 Å². The third-order valence-corrected chi connectivity index (χ3v) is 4.50. The molecule has 0 spiro atoms. The molecule has 0 fully saturated rings. The van der Waals surface area contributed by atoms with Crippen LogP contribution < -0.4 is 22.1 Å². The standard InChI is InChI=1S/C21H25N5O2/c1-13(4-2-8-22)25-18-11-15(10-14-5-3-9-24-20(14)18)21(28)26-16-6-7-19(27)17(23)12-16/h3,5-7,9-13,25,27H,2,4,8,22-23H2,1H3,(H,26,28). The predicted octanol–water partition coefficient (Wildman–Crippen LogP) is 3.31. The molecule has 28 heavy (non-hydrogen) atoms. The van der Waals surface area contributed by atoms with Gasteiger partial charge in [0.1, 0.15) is 5.75 Å². The van der Waals surface area contributed by atoms with Crippen molar-refractivity contribution in [2.45, 2.75) is 25.8 Å². The summed E-state index contributed by atoms with van der Waals surface area (Å²) in [7, 11) is 0. The molecule has 0 aliphatic carbocycles. The summed E-state index contributed by atoms with van der Waals surface area (Å²) in [6.07, 6.45) is 3.58. The van der Waals surface area contributed by atoms with Gasteiger partial charge >= 0.3 is 0 Å². The van der Waals surface area contributed by atoms with Crippen molar-refractivity contribution in [2.75, 3.05) is 22.9 Å². The Labute approximate surface area is 163 Å². The Hall–Kier alpha value is -3.32. The lowest BCUT2D eigenvalue weighted by Gasteiger charge is -2.17. The van der Waals surface area contributed by atoms with Gasteiger partial charge in [-0.25, -0.2) is 0 Å². The molecule has 7 heteroatoms. The zero-order chi connectivity index (χ0) is 20.1. The molecule has 146 valence electrons. The molecular formula is C21H25N5O2. The maximum atomic E-state index is 12.8.